The van der Waals surface area contributed by atoms with Gasteiger partial charge in [0.1, 0.15) is 5.69 Å². The monoisotopic (exact) mass is 716 g/mol. The Morgan fingerprint density at radius 2 is 0.821 bits per heavy atom. The van der Waals surface area contributed by atoms with Gasteiger partial charge < -0.3 is 0 Å². The van der Waals surface area contributed by atoms with Gasteiger partial charge in [0.2, 0.25) is 0 Å². The summed E-state index contributed by atoms with van der Waals surface area (Å²) < 4.78 is 0. The van der Waals surface area contributed by atoms with Gasteiger partial charge in [-0.05, 0) is 77.2 Å². The Balaban J connectivity index is 1.25. The van der Waals surface area contributed by atoms with Crippen molar-refractivity contribution in [2.45, 2.75) is 0 Å². The molecule has 6 aromatic heterocycles. The molecule has 0 saturated carbocycles. The van der Waals surface area contributed by atoms with E-state index in [1.54, 1.807) is 0 Å². The van der Waals surface area contributed by atoms with Crippen LogP contribution in [0.2, 0.25) is 0 Å². The molecule has 0 aliphatic carbocycles. The van der Waals surface area contributed by atoms with Crippen LogP contribution in [0.4, 0.5) is 0 Å². The van der Waals surface area contributed by atoms with Crippen LogP contribution in [0.25, 0.3) is 111 Å². The quantitative estimate of drug-likeness (QED) is 0.162. The van der Waals surface area contributed by atoms with Crippen LogP contribution in [-0.2, 0) is 0 Å². The fourth-order valence-electron chi connectivity index (χ4n) is 7.70. The first-order valence-corrected chi connectivity index (χ1v) is 18.3. The number of hydrogen-bond acceptors (Lipinski definition) is 8. The summed E-state index contributed by atoms with van der Waals surface area (Å²) in [5, 5.41) is 6.08. The molecule has 0 amide bonds. The number of aromatic nitrogens is 8. The summed E-state index contributed by atoms with van der Waals surface area (Å²) in [6.45, 7) is 0. The van der Waals surface area contributed by atoms with Crippen molar-refractivity contribution in [3.8, 4) is 56.5 Å². The summed E-state index contributed by atoms with van der Waals surface area (Å²) in [4.78, 5) is 39.7. The third kappa shape index (κ3) is 5.39. The zero-order chi connectivity index (χ0) is 37.0. The molecule has 0 fully saturated rings. The van der Waals surface area contributed by atoms with Crippen LogP contribution in [0.3, 0.4) is 0 Å². The Kier molecular flexibility index (Phi) is 7.31. The maximum atomic E-state index is 5.18. The van der Waals surface area contributed by atoms with E-state index in [1.807, 2.05) is 104 Å². The Hall–Kier alpha value is -7.84. The molecule has 0 bridgehead atoms. The first-order valence-electron chi connectivity index (χ1n) is 18.3. The average Bonchev–Trinajstić information content (AvgIpc) is 3.27. The largest absolute Gasteiger partial charge is 0.256 e. The summed E-state index contributed by atoms with van der Waals surface area (Å²) in [5.74, 6) is 1.54. The highest BCUT2D eigenvalue weighted by Crippen LogP contribution is 2.42. The minimum atomic E-state index is 0.481. The molecule has 8 nitrogen and oxygen atoms in total. The van der Waals surface area contributed by atoms with Gasteiger partial charge in [-0.1, -0.05) is 78.9 Å². The van der Waals surface area contributed by atoms with Crippen molar-refractivity contribution in [1.29, 1.82) is 0 Å². The first kappa shape index (κ1) is 31.7. The highest BCUT2D eigenvalue weighted by Gasteiger charge is 2.20. The predicted octanol–water partition coefficient (Wildman–Crippen LogP) is 10.9. The van der Waals surface area contributed by atoms with Crippen LogP contribution in [0.1, 0.15) is 0 Å². The second-order valence-electron chi connectivity index (χ2n) is 13.7. The molecule has 6 heterocycles. The predicted molar refractivity (Wildman–Crippen MR) is 224 cm³/mol. The molecule has 260 valence electrons. The number of nitrogens with zero attached hydrogens (tertiary/aromatic N) is 8. The van der Waals surface area contributed by atoms with Crippen molar-refractivity contribution < 1.29 is 0 Å². The van der Waals surface area contributed by atoms with E-state index in [4.69, 9.17) is 39.9 Å². The van der Waals surface area contributed by atoms with Crippen LogP contribution in [-0.4, -0.2) is 39.9 Å². The molecule has 0 aliphatic heterocycles. The molecule has 0 radical (unpaired) electrons. The lowest BCUT2D eigenvalue weighted by Crippen LogP contribution is -2.02. The van der Waals surface area contributed by atoms with Crippen LogP contribution >= 0.6 is 0 Å². The molecule has 0 atom stereocenters. The smallest absolute Gasteiger partial charge is 0.182 e. The third-order valence-electron chi connectivity index (χ3n) is 10.2. The van der Waals surface area contributed by atoms with Gasteiger partial charge >= 0.3 is 0 Å². The summed E-state index contributed by atoms with van der Waals surface area (Å²) >= 11 is 0. The number of hydrogen-bond donors (Lipinski definition) is 0. The lowest BCUT2D eigenvalue weighted by Gasteiger charge is -2.16. The van der Waals surface area contributed by atoms with E-state index in [2.05, 4.69) is 66.7 Å². The fourth-order valence-corrected chi connectivity index (χ4v) is 7.70. The van der Waals surface area contributed by atoms with Gasteiger partial charge in [-0.2, -0.15) is 0 Å². The number of fused-ring (bicyclic) bond motifs is 5. The first-order chi connectivity index (χ1) is 27.7. The van der Waals surface area contributed by atoms with Crippen LogP contribution in [0, 0.1) is 0 Å². The molecule has 0 saturated heterocycles. The molecule has 0 aliphatic rings. The SMILES string of the molecule is c1ccc(-c2nc(-c3cc(-c4c5cccnc5cc5cccnc45)cc(-c4c5cccnc5cc5cccnc45)c3)nc(-c3cc4ccccc4cn3)n2)cc1. The van der Waals surface area contributed by atoms with Crippen molar-refractivity contribution in [2.24, 2.45) is 0 Å². The second-order valence-corrected chi connectivity index (χ2v) is 13.7. The zero-order valence-corrected chi connectivity index (χ0v) is 29.7. The summed E-state index contributed by atoms with van der Waals surface area (Å²) in [6.07, 6.45) is 9.21. The standard InChI is InChI=1S/C48H28N8/c1-2-10-29(11-3-1)46-54-47(56-48(55-46)41-25-30-12-4-5-13-33(30)28-53-41)36-23-34(42-37-16-8-18-49-39(37)26-31-14-6-20-51-44(31)42)22-35(24-36)43-38-17-9-19-50-40(38)27-32-15-7-21-52-45(32)43/h1-28H. The normalized spacial score (nSPS) is 11.6. The van der Waals surface area contributed by atoms with Gasteiger partial charge in [0.05, 0.1) is 22.1 Å². The minimum Gasteiger partial charge on any atom is -0.256 e. The third-order valence-corrected chi connectivity index (χ3v) is 10.2. The Morgan fingerprint density at radius 1 is 0.321 bits per heavy atom. The Labute approximate surface area is 320 Å². The highest BCUT2D eigenvalue weighted by atomic mass is 15.0. The molecule has 11 rings (SSSR count). The van der Waals surface area contributed by atoms with E-state index in [9.17, 15) is 0 Å². The van der Waals surface area contributed by atoms with Crippen molar-refractivity contribution >= 4 is 54.4 Å². The van der Waals surface area contributed by atoms with Crippen molar-refractivity contribution in [3.05, 3.63) is 171 Å². The molecule has 56 heavy (non-hydrogen) atoms. The molecule has 11 aromatic rings. The lowest BCUT2D eigenvalue weighted by molar-refractivity contribution is 1.06. The number of benzene rings is 5. The molecule has 0 spiro atoms. The maximum Gasteiger partial charge on any atom is 0.182 e. The molecule has 0 N–H and O–H groups in total. The van der Waals surface area contributed by atoms with Gasteiger partial charge in [-0.15, -0.1) is 0 Å². The van der Waals surface area contributed by atoms with Crippen molar-refractivity contribution in [3.63, 3.8) is 0 Å². The number of pyridine rings is 5. The van der Waals surface area contributed by atoms with E-state index >= 15 is 0 Å². The Morgan fingerprint density at radius 3 is 1.46 bits per heavy atom. The molecule has 8 heteroatoms. The molecule has 0 unspecified atom stereocenters. The summed E-state index contributed by atoms with van der Waals surface area (Å²) in [6, 6.07) is 47.2. The average molecular weight is 717 g/mol. The summed E-state index contributed by atoms with van der Waals surface area (Å²) in [7, 11) is 0. The van der Waals surface area contributed by atoms with E-state index in [0.29, 0.717) is 23.2 Å². The zero-order valence-electron chi connectivity index (χ0n) is 29.7. The highest BCUT2D eigenvalue weighted by molar-refractivity contribution is 6.13. The molecular formula is C48H28N8. The van der Waals surface area contributed by atoms with Gasteiger partial charge in [0, 0.05) is 80.2 Å². The van der Waals surface area contributed by atoms with E-state index < -0.39 is 0 Å². The van der Waals surface area contributed by atoms with Crippen molar-refractivity contribution in [1.82, 2.24) is 39.9 Å². The maximum absolute atomic E-state index is 5.18. The summed E-state index contributed by atoms with van der Waals surface area (Å²) in [5.41, 5.74) is 9.67. The molecule has 5 aromatic carbocycles. The van der Waals surface area contributed by atoms with Crippen LogP contribution < -0.4 is 0 Å². The fraction of sp³-hybridized carbons (Fsp3) is 0. The van der Waals surface area contributed by atoms with Crippen LogP contribution in [0.5, 0.6) is 0 Å². The van der Waals surface area contributed by atoms with E-state index in [1.165, 1.54) is 0 Å². The Bertz CT molecular complexity index is 3080. The van der Waals surface area contributed by atoms with E-state index in [0.717, 1.165) is 87.8 Å². The minimum absolute atomic E-state index is 0.481. The number of rotatable bonds is 5. The van der Waals surface area contributed by atoms with Gasteiger partial charge in [-0.25, -0.2) is 15.0 Å². The lowest BCUT2D eigenvalue weighted by atomic mass is 9.90. The van der Waals surface area contributed by atoms with E-state index in [-0.39, 0.29) is 0 Å². The molecular weight excluding hydrogens is 689 g/mol. The van der Waals surface area contributed by atoms with Gasteiger partial charge in [-0.3, -0.25) is 24.9 Å². The topological polar surface area (TPSA) is 103 Å². The second kappa shape index (κ2) is 12.9. The van der Waals surface area contributed by atoms with Gasteiger partial charge in [0.25, 0.3) is 0 Å². The van der Waals surface area contributed by atoms with Crippen LogP contribution in [0.15, 0.2) is 171 Å². The van der Waals surface area contributed by atoms with Gasteiger partial charge in [0.15, 0.2) is 17.5 Å². The van der Waals surface area contributed by atoms with Crippen molar-refractivity contribution in [2.75, 3.05) is 0 Å².